The Morgan fingerprint density at radius 1 is 0.945 bits per heavy atom. The number of alkyl carbamates (subject to hydrolysis) is 1. The molecule has 8 rings (SSSR count). The number of fused-ring (bicyclic) bond motifs is 5. The first-order valence-corrected chi connectivity index (χ1v) is 21.9. The molecule has 1 aromatic heterocycles. The highest BCUT2D eigenvalue weighted by Gasteiger charge is 2.62. The number of pyridine rings is 1. The number of amides is 4. The summed E-state index contributed by atoms with van der Waals surface area (Å²) >= 11 is 0. The van der Waals surface area contributed by atoms with Gasteiger partial charge in [0.05, 0.1) is 23.0 Å². The van der Waals surface area contributed by atoms with Crippen molar-refractivity contribution in [3.63, 3.8) is 0 Å². The highest BCUT2D eigenvalue weighted by atomic mass is 32.2. The number of hydrogen-bond donors (Lipinski definition) is 3. The van der Waals surface area contributed by atoms with Crippen molar-refractivity contribution in [1.29, 1.82) is 0 Å². The lowest BCUT2D eigenvalue weighted by atomic mass is 9.96. The van der Waals surface area contributed by atoms with Crippen molar-refractivity contribution < 1.29 is 37.1 Å². The first-order chi connectivity index (χ1) is 26.5. The molecule has 13 nitrogen and oxygen atoms in total. The van der Waals surface area contributed by atoms with Gasteiger partial charge in [-0.1, -0.05) is 50.0 Å². The van der Waals surface area contributed by atoms with Crippen LogP contribution in [-0.2, 0) is 35.6 Å². The average Bonchev–Trinajstić information content (AvgIpc) is 3.95. The number of rotatable bonds is 7. The first kappa shape index (κ1) is 37.7. The molecule has 1 unspecified atom stereocenters. The summed E-state index contributed by atoms with van der Waals surface area (Å²) in [6.45, 7) is 3.88. The van der Waals surface area contributed by atoms with E-state index in [0.717, 1.165) is 87.2 Å². The summed E-state index contributed by atoms with van der Waals surface area (Å²) in [6, 6.07) is 7.87. The van der Waals surface area contributed by atoms with Gasteiger partial charge in [0.1, 0.15) is 35.6 Å². The SMILES string of the molecule is C=C[C@@H]1CC1(NC(=O)[C@@H]1C[C@@H]2CN1C(=O)[C@H](C1CCCC1)NC(=O)O[C@@H]1CCC[C@H]1CCCCCc1nc3ccccc3cc1O2)C(=O)NS(=O)(=O)C1CC1. The number of nitrogens with one attached hydrogen (secondary N) is 3. The van der Waals surface area contributed by atoms with Crippen molar-refractivity contribution in [2.75, 3.05) is 6.54 Å². The zero-order valence-corrected chi connectivity index (χ0v) is 32.2. The van der Waals surface area contributed by atoms with Crippen molar-refractivity contribution in [3.05, 3.63) is 48.7 Å². The Labute approximate surface area is 322 Å². The predicted octanol–water partition coefficient (Wildman–Crippen LogP) is 4.82. The zero-order chi connectivity index (χ0) is 38.3. The van der Waals surface area contributed by atoms with Gasteiger partial charge in [0.15, 0.2) is 0 Å². The topological polar surface area (TPSA) is 173 Å². The predicted molar refractivity (Wildman–Crippen MR) is 204 cm³/mol. The van der Waals surface area contributed by atoms with Crippen LogP contribution >= 0.6 is 0 Å². The van der Waals surface area contributed by atoms with Gasteiger partial charge in [-0.3, -0.25) is 19.1 Å². The van der Waals surface area contributed by atoms with Crippen LogP contribution in [0.4, 0.5) is 4.79 Å². The number of carbonyl (C=O) groups is 4. The molecule has 6 aliphatic rings. The Morgan fingerprint density at radius 2 is 1.69 bits per heavy atom. The van der Waals surface area contributed by atoms with Crippen LogP contribution in [0.5, 0.6) is 5.75 Å². The van der Waals surface area contributed by atoms with Crippen molar-refractivity contribution in [3.8, 4) is 5.75 Å². The fraction of sp³-hybridized carbons (Fsp3) is 0.634. The van der Waals surface area contributed by atoms with E-state index in [0.29, 0.717) is 25.0 Å². The van der Waals surface area contributed by atoms with E-state index in [4.69, 9.17) is 14.5 Å². The second-order valence-electron chi connectivity index (χ2n) is 16.7. The minimum Gasteiger partial charge on any atom is -0.487 e. The van der Waals surface area contributed by atoms with Gasteiger partial charge >= 0.3 is 6.09 Å². The second kappa shape index (κ2) is 15.4. The Balaban J connectivity index is 1.12. The molecule has 5 fully saturated rings. The van der Waals surface area contributed by atoms with Crippen LogP contribution in [0.25, 0.3) is 10.9 Å². The van der Waals surface area contributed by atoms with Gasteiger partial charge in [0.25, 0.3) is 5.91 Å². The molecule has 296 valence electrons. The maximum absolute atomic E-state index is 14.8. The maximum Gasteiger partial charge on any atom is 0.408 e. The van der Waals surface area contributed by atoms with Crippen LogP contribution in [0.1, 0.15) is 102 Å². The Morgan fingerprint density at radius 3 is 2.45 bits per heavy atom. The molecule has 2 aromatic rings. The van der Waals surface area contributed by atoms with Crippen molar-refractivity contribution >= 4 is 44.7 Å². The molecule has 3 heterocycles. The molecule has 1 saturated heterocycles. The molecule has 0 radical (unpaired) electrons. The van der Waals surface area contributed by atoms with Crippen molar-refractivity contribution in [2.45, 2.75) is 138 Å². The molecule has 7 atom stereocenters. The van der Waals surface area contributed by atoms with Crippen molar-refractivity contribution in [2.24, 2.45) is 17.8 Å². The van der Waals surface area contributed by atoms with E-state index in [1.54, 1.807) is 6.08 Å². The van der Waals surface area contributed by atoms with Gasteiger partial charge in [-0.25, -0.2) is 18.2 Å². The van der Waals surface area contributed by atoms with Crippen LogP contribution in [0.15, 0.2) is 43.0 Å². The van der Waals surface area contributed by atoms with Gasteiger partial charge in [-0.15, -0.1) is 6.58 Å². The number of aryl methyl sites for hydroxylation is 1. The lowest BCUT2D eigenvalue weighted by Gasteiger charge is -2.32. The van der Waals surface area contributed by atoms with E-state index >= 15 is 0 Å². The summed E-state index contributed by atoms with van der Waals surface area (Å²) in [7, 11) is -3.88. The molecule has 2 bridgehead atoms. The fourth-order valence-corrected chi connectivity index (χ4v) is 10.9. The normalized spacial score (nSPS) is 31.9. The minimum atomic E-state index is -3.88. The third-order valence-electron chi connectivity index (χ3n) is 12.9. The Kier molecular flexibility index (Phi) is 10.5. The molecule has 3 N–H and O–H groups in total. The van der Waals surface area contributed by atoms with Crippen LogP contribution in [0.3, 0.4) is 0 Å². The van der Waals surface area contributed by atoms with Gasteiger partial charge in [-0.05, 0) is 94.6 Å². The molecular formula is C41H53N5O8S. The third-order valence-corrected chi connectivity index (χ3v) is 14.7. The molecule has 55 heavy (non-hydrogen) atoms. The Bertz CT molecular complexity index is 1950. The van der Waals surface area contributed by atoms with Gasteiger partial charge in [0.2, 0.25) is 21.8 Å². The van der Waals surface area contributed by atoms with E-state index in [2.05, 4.69) is 21.9 Å². The summed E-state index contributed by atoms with van der Waals surface area (Å²) < 4.78 is 40.5. The van der Waals surface area contributed by atoms with Gasteiger partial charge < -0.3 is 25.0 Å². The zero-order valence-electron chi connectivity index (χ0n) is 31.4. The fourth-order valence-electron chi connectivity index (χ4n) is 9.50. The molecular weight excluding hydrogens is 723 g/mol. The van der Waals surface area contributed by atoms with E-state index < -0.39 is 68.7 Å². The lowest BCUT2D eigenvalue weighted by Crippen LogP contribution is -2.59. The third kappa shape index (κ3) is 7.93. The monoisotopic (exact) mass is 775 g/mol. The number of para-hydroxylation sites is 1. The quantitative estimate of drug-likeness (QED) is 0.334. The number of aromatic nitrogens is 1. The molecule has 4 amide bonds. The van der Waals surface area contributed by atoms with Gasteiger partial charge in [-0.2, -0.15) is 0 Å². The molecule has 4 aliphatic carbocycles. The summed E-state index contributed by atoms with van der Waals surface area (Å²) in [5.74, 6) is -1.54. The summed E-state index contributed by atoms with van der Waals surface area (Å²) in [4.78, 5) is 63.0. The number of hydrogen-bond acceptors (Lipinski definition) is 9. The summed E-state index contributed by atoms with van der Waals surface area (Å²) in [5.41, 5.74) is 0.172. The molecule has 2 aliphatic heterocycles. The van der Waals surface area contributed by atoms with Crippen LogP contribution in [0, 0.1) is 17.8 Å². The van der Waals surface area contributed by atoms with Crippen LogP contribution < -0.4 is 20.1 Å². The van der Waals surface area contributed by atoms with E-state index in [1.165, 1.54) is 4.90 Å². The molecule has 14 heteroatoms. The van der Waals surface area contributed by atoms with Crippen molar-refractivity contribution in [1.82, 2.24) is 25.2 Å². The highest BCUT2D eigenvalue weighted by molar-refractivity contribution is 7.91. The van der Waals surface area contributed by atoms with E-state index in [9.17, 15) is 27.6 Å². The lowest BCUT2D eigenvalue weighted by molar-refractivity contribution is -0.142. The van der Waals surface area contributed by atoms with E-state index in [1.807, 2.05) is 30.3 Å². The number of carbonyl (C=O) groups excluding carboxylic acids is 4. The highest BCUT2D eigenvalue weighted by Crippen LogP contribution is 2.46. The van der Waals surface area contributed by atoms with Gasteiger partial charge in [0, 0.05) is 17.7 Å². The van der Waals surface area contributed by atoms with Crippen LogP contribution in [-0.4, -0.2) is 83.7 Å². The standard InChI is InChI=1S/C41H53N5O8S/c1-2-28-23-41(28,39(49)45-55(51,52)30-19-20-30)44-37(47)33-22-29-24-46(33)38(48)36(26-12-6-7-13-26)43-40(50)54-34-18-10-15-25(34)11-4-3-5-17-32-35(53-29)21-27-14-8-9-16-31(27)42-32/h2,8-9,14,16,21,25-26,28-30,33-34,36H,1,3-7,10-13,15,17-20,22-24H2,(H,43,50)(H,44,47)(H,45,49)/t25-,28-,29-,33+,34-,36+,41?/m1/s1. The molecule has 4 saturated carbocycles. The first-order valence-electron chi connectivity index (χ1n) is 20.4. The summed E-state index contributed by atoms with van der Waals surface area (Å²) in [5, 5.41) is 6.13. The Hall–Kier alpha value is -4.20. The largest absolute Gasteiger partial charge is 0.487 e. The number of sulfonamides is 1. The summed E-state index contributed by atoms with van der Waals surface area (Å²) in [6.07, 6.45) is 12.0. The smallest absolute Gasteiger partial charge is 0.408 e. The number of benzene rings is 1. The molecule has 1 aromatic carbocycles. The average molecular weight is 776 g/mol. The number of ether oxygens (including phenoxy) is 2. The van der Waals surface area contributed by atoms with Crippen LogP contribution in [0.2, 0.25) is 0 Å². The number of nitrogens with zero attached hydrogens (tertiary/aromatic N) is 2. The maximum atomic E-state index is 14.8. The molecule has 0 spiro atoms. The minimum absolute atomic E-state index is 0.0635. The second-order valence-corrected chi connectivity index (χ2v) is 18.7. The van der Waals surface area contributed by atoms with E-state index in [-0.39, 0.29) is 37.3 Å².